The number of amides is 1. The van der Waals surface area contributed by atoms with Gasteiger partial charge in [0.1, 0.15) is 17.3 Å². The van der Waals surface area contributed by atoms with Crippen LogP contribution in [-0.2, 0) is 16.6 Å². The summed E-state index contributed by atoms with van der Waals surface area (Å²) in [7, 11) is -4.04. The van der Waals surface area contributed by atoms with Crippen molar-refractivity contribution in [1.82, 2.24) is 9.80 Å². The average Bonchev–Trinajstić information content (AvgIpc) is 2.95. The third-order valence-corrected chi connectivity index (χ3v) is 8.54. The normalized spacial score (nSPS) is 14.1. The topological polar surface area (TPSA) is 78.9 Å². The van der Waals surface area contributed by atoms with Crippen LogP contribution >= 0.6 is 23.2 Å². The third kappa shape index (κ3) is 7.18. The molecular weight excluding hydrogens is 588 g/mol. The SMILES string of the molecule is O=C(c1cc(Cl)ccc1NS(=O)(=O)c1ccc(Oc2ccccc2Cl)cc1)N1CCN(Cc2cccc(F)c2)CC1. The Morgan fingerprint density at radius 1 is 0.878 bits per heavy atom. The van der Waals surface area contributed by atoms with Crippen molar-refractivity contribution in [2.45, 2.75) is 11.4 Å². The number of anilines is 1. The molecule has 0 radical (unpaired) electrons. The van der Waals surface area contributed by atoms with Gasteiger partial charge in [0.25, 0.3) is 15.9 Å². The molecule has 0 spiro atoms. The summed E-state index contributed by atoms with van der Waals surface area (Å²) in [5, 5.41) is 0.737. The van der Waals surface area contributed by atoms with Crippen molar-refractivity contribution in [2.75, 3.05) is 30.9 Å². The fraction of sp³-hybridized carbons (Fsp3) is 0.167. The van der Waals surface area contributed by atoms with E-state index in [4.69, 9.17) is 27.9 Å². The van der Waals surface area contributed by atoms with E-state index in [0.717, 1.165) is 5.56 Å². The van der Waals surface area contributed by atoms with E-state index in [1.165, 1.54) is 54.6 Å². The predicted octanol–water partition coefficient (Wildman–Crippen LogP) is 6.68. The predicted molar refractivity (Wildman–Crippen MR) is 158 cm³/mol. The van der Waals surface area contributed by atoms with Crippen LogP contribution in [0.2, 0.25) is 10.0 Å². The highest BCUT2D eigenvalue weighted by molar-refractivity contribution is 7.92. The highest BCUT2D eigenvalue weighted by Crippen LogP contribution is 2.30. The largest absolute Gasteiger partial charge is 0.456 e. The van der Waals surface area contributed by atoms with Gasteiger partial charge in [-0.2, -0.15) is 0 Å². The molecule has 0 aliphatic carbocycles. The molecule has 1 fully saturated rings. The zero-order valence-corrected chi connectivity index (χ0v) is 24.1. The van der Waals surface area contributed by atoms with Crippen LogP contribution in [0.1, 0.15) is 15.9 Å². The molecule has 0 aromatic heterocycles. The van der Waals surface area contributed by atoms with Crippen molar-refractivity contribution in [2.24, 2.45) is 0 Å². The molecule has 0 unspecified atom stereocenters. The van der Waals surface area contributed by atoms with Crippen LogP contribution in [0.5, 0.6) is 11.5 Å². The number of carbonyl (C=O) groups excluding carboxylic acids is 1. The Balaban J connectivity index is 1.27. The molecule has 7 nitrogen and oxygen atoms in total. The maximum absolute atomic E-state index is 13.5. The molecule has 0 saturated carbocycles. The lowest BCUT2D eigenvalue weighted by Gasteiger charge is -2.35. The molecule has 1 aliphatic rings. The number of benzene rings is 4. The van der Waals surface area contributed by atoms with Gasteiger partial charge < -0.3 is 9.64 Å². The van der Waals surface area contributed by atoms with Gasteiger partial charge in [0.05, 0.1) is 21.2 Å². The second-order valence-corrected chi connectivity index (χ2v) is 12.0. The number of rotatable bonds is 8. The van der Waals surface area contributed by atoms with Gasteiger partial charge in [-0.05, 0) is 72.3 Å². The number of para-hydroxylation sites is 1. The van der Waals surface area contributed by atoms with Crippen molar-refractivity contribution >= 4 is 44.8 Å². The number of nitrogens with one attached hydrogen (secondary N) is 1. The van der Waals surface area contributed by atoms with Gasteiger partial charge in [0, 0.05) is 37.7 Å². The zero-order valence-electron chi connectivity index (χ0n) is 21.8. The van der Waals surface area contributed by atoms with Crippen molar-refractivity contribution in [3.05, 3.63) is 118 Å². The monoisotopic (exact) mass is 613 g/mol. The molecule has 1 saturated heterocycles. The van der Waals surface area contributed by atoms with Crippen LogP contribution in [0.15, 0.2) is 95.9 Å². The molecule has 11 heteroatoms. The smallest absolute Gasteiger partial charge is 0.261 e. The summed E-state index contributed by atoms with van der Waals surface area (Å²) in [4.78, 5) is 17.3. The van der Waals surface area contributed by atoms with Crippen molar-refractivity contribution in [3.63, 3.8) is 0 Å². The molecule has 41 heavy (non-hydrogen) atoms. The van der Waals surface area contributed by atoms with Gasteiger partial charge in [0.2, 0.25) is 0 Å². The first kappa shape index (κ1) is 28.9. The van der Waals surface area contributed by atoms with E-state index in [2.05, 4.69) is 9.62 Å². The summed E-state index contributed by atoms with van der Waals surface area (Å²) in [5.74, 6) is 0.241. The van der Waals surface area contributed by atoms with Crippen LogP contribution in [0, 0.1) is 5.82 Å². The van der Waals surface area contributed by atoms with Crippen molar-refractivity contribution in [1.29, 1.82) is 0 Å². The summed E-state index contributed by atoms with van der Waals surface area (Å²) in [5.41, 5.74) is 1.14. The van der Waals surface area contributed by atoms with Gasteiger partial charge in [-0.1, -0.05) is 47.5 Å². The Labute approximate surface area is 248 Å². The summed E-state index contributed by atoms with van der Waals surface area (Å²) in [6, 6.07) is 23.7. The summed E-state index contributed by atoms with van der Waals surface area (Å²) >= 11 is 12.3. The van der Waals surface area contributed by atoms with Crippen LogP contribution in [0.3, 0.4) is 0 Å². The number of halogens is 3. The number of nitrogens with zero attached hydrogens (tertiary/aromatic N) is 2. The second-order valence-electron chi connectivity index (χ2n) is 9.50. The zero-order chi connectivity index (χ0) is 29.0. The molecule has 5 rings (SSSR count). The van der Waals surface area contributed by atoms with Gasteiger partial charge in [-0.3, -0.25) is 14.4 Å². The fourth-order valence-electron chi connectivity index (χ4n) is 4.50. The van der Waals surface area contributed by atoms with E-state index in [0.29, 0.717) is 54.3 Å². The number of hydrogen-bond acceptors (Lipinski definition) is 5. The minimum atomic E-state index is -4.04. The first-order valence-corrected chi connectivity index (χ1v) is 15.0. The Hall–Kier alpha value is -3.63. The van der Waals surface area contributed by atoms with Gasteiger partial charge in [-0.15, -0.1) is 0 Å². The quantitative estimate of drug-likeness (QED) is 0.240. The van der Waals surface area contributed by atoms with E-state index in [1.54, 1.807) is 35.2 Å². The van der Waals surface area contributed by atoms with E-state index < -0.39 is 10.0 Å². The molecule has 1 heterocycles. The Kier molecular flexibility index (Phi) is 8.79. The van der Waals surface area contributed by atoms with Crippen molar-refractivity contribution < 1.29 is 22.3 Å². The number of piperazine rings is 1. The maximum Gasteiger partial charge on any atom is 0.261 e. The molecule has 0 bridgehead atoms. The van der Waals surface area contributed by atoms with E-state index >= 15 is 0 Å². The highest BCUT2D eigenvalue weighted by atomic mass is 35.5. The molecule has 1 N–H and O–H groups in total. The van der Waals surface area contributed by atoms with Gasteiger partial charge >= 0.3 is 0 Å². The Morgan fingerprint density at radius 3 is 2.32 bits per heavy atom. The lowest BCUT2D eigenvalue weighted by atomic mass is 10.1. The van der Waals surface area contributed by atoms with Crippen LogP contribution in [0.25, 0.3) is 0 Å². The molecule has 4 aromatic carbocycles. The minimum absolute atomic E-state index is 0.0108. The molecule has 1 aliphatic heterocycles. The Bertz CT molecular complexity index is 1660. The summed E-state index contributed by atoms with van der Waals surface area (Å²) < 4.78 is 48.3. The van der Waals surface area contributed by atoms with E-state index in [1.807, 2.05) is 6.07 Å². The van der Waals surface area contributed by atoms with E-state index in [-0.39, 0.29) is 27.9 Å². The lowest BCUT2D eigenvalue weighted by molar-refractivity contribution is 0.0629. The number of ether oxygens (including phenoxy) is 1. The summed E-state index contributed by atoms with van der Waals surface area (Å²) in [6.07, 6.45) is 0. The first-order chi connectivity index (χ1) is 19.7. The van der Waals surface area contributed by atoms with Gasteiger partial charge in [0.15, 0.2) is 0 Å². The number of carbonyl (C=O) groups is 1. The van der Waals surface area contributed by atoms with Crippen LogP contribution < -0.4 is 9.46 Å². The molecule has 4 aromatic rings. The number of hydrogen-bond donors (Lipinski definition) is 1. The standard InChI is InChI=1S/C30H26Cl2FN3O4S/c31-22-8-13-28(34-41(38,39)25-11-9-24(10-12-25)40-29-7-2-1-6-27(29)32)26(19-22)30(37)36-16-14-35(15-17-36)20-21-4-3-5-23(33)18-21/h1-13,18-19,34H,14-17,20H2. The molecule has 0 atom stereocenters. The van der Waals surface area contributed by atoms with Crippen LogP contribution in [-0.4, -0.2) is 50.3 Å². The van der Waals surface area contributed by atoms with Crippen LogP contribution in [0.4, 0.5) is 10.1 Å². The molecular formula is C30H26Cl2FN3O4S. The average molecular weight is 615 g/mol. The van der Waals surface area contributed by atoms with Crippen molar-refractivity contribution in [3.8, 4) is 11.5 Å². The third-order valence-electron chi connectivity index (χ3n) is 6.61. The molecule has 1 amide bonds. The van der Waals surface area contributed by atoms with E-state index in [9.17, 15) is 17.6 Å². The molecule has 212 valence electrons. The highest BCUT2D eigenvalue weighted by Gasteiger charge is 2.26. The minimum Gasteiger partial charge on any atom is -0.456 e. The fourth-order valence-corrected chi connectivity index (χ4v) is 5.93. The maximum atomic E-state index is 13.5. The van der Waals surface area contributed by atoms with Gasteiger partial charge in [-0.25, -0.2) is 12.8 Å². The lowest BCUT2D eigenvalue weighted by Crippen LogP contribution is -2.48. The number of sulfonamides is 1. The Morgan fingerprint density at radius 2 is 1.61 bits per heavy atom. The first-order valence-electron chi connectivity index (χ1n) is 12.8. The second kappa shape index (κ2) is 12.5. The summed E-state index contributed by atoms with van der Waals surface area (Å²) in [6.45, 7) is 2.61.